The molecule has 5 heteroatoms. The lowest BCUT2D eigenvalue weighted by Crippen LogP contribution is -1.96. The van der Waals surface area contributed by atoms with Gasteiger partial charge in [0.2, 0.25) is 0 Å². The van der Waals surface area contributed by atoms with Crippen LogP contribution in [0.3, 0.4) is 0 Å². The van der Waals surface area contributed by atoms with E-state index in [0.717, 1.165) is 16.6 Å². The minimum atomic E-state index is 0.453. The Bertz CT molecular complexity index is 781. The second-order valence-electron chi connectivity index (χ2n) is 5.12. The highest BCUT2D eigenvalue weighted by Gasteiger charge is 2.12. The fraction of sp³-hybridized carbons (Fsp3) is 0.235. The summed E-state index contributed by atoms with van der Waals surface area (Å²) in [7, 11) is 0. The summed E-state index contributed by atoms with van der Waals surface area (Å²) in [4.78, 5) is 0. The molecule has 0 aliphatic carbocycles. The largest absolute Gasteiger partial charge is 0.487 e. The summed E-state index contributed by atoms with van der Waals surface area (Å²) >= 11 is 12.1. The second kappa shape index (κ2) is 6.59. The number of halogens is 2. The first kappa shape index (κ1) is 15.2. The van der Waals surface area contributed by atoms with Gasteiger partial charge in [0, 0.05) is 23.8 Å². The lowest BCUT2D eigenvalue weighted by Gasteiger charge is -2.08. The van der Waals surface area contributed by atoms with Crippen LogP contribution in [0.2, 0.25) is 5.02 Å². The SMILES string of the molecule is Cc1ccc(COc2cc3onc(CCCl)c3cc2Cl)cc1. The molecule has 1 aromatic heterocycles. The summed E-state index contributed by atoms with van der Waals surface area (Å²) in [5.41, 5.74) is 3.78. The van der Waals surface area contributed by atoms with Crippen molar-refractivity contribution >= 4 is 34.2 Å². The first-order valence-electron chi connectivity index (χ1n) is 6.99. The summed E-state index contributed by atoms with van der Waals surface area (Å²) in [6.45, 7) is 2.51. The van der Waals surface area contributed by atoms with Crippen LogP contribution in [0.5, 0.6) is 5.75 Å². The molecule has 0 aliphatic heterocycles. The van der Waals surface area contributed by atoms with Gasteiger partial charge in [-0.3, -0.25) is 0 Å². The van der Waals surface area contributed by atoms with Crippen molar-refractivity contribution in [2.45, 2.75) is 20.0 Å². The zero-order valence-electron chi connectivity index (χ0n) is 12.1. The van der Waals surface area contributed by atoms with Crippen molar-refractivity contribution in [1.29, 1.82) is 0 Å². The number of alkyl halides is 1. The average Bonchev–Trinajstić information content (AvgIpc) is 2.89. The molecule has 0 saturated carbocycles. The standard InChI is InChI=1S/C17H15Cl2NO2/c1-11-2-4-12(5-3-11)10-21-17-9-16-13(8-14(17)19)15(6-7-18)20-22-16/h2-5,8-9H,6-7,10H2,1H3. The normalized spacial score (nSPS) is 11.0. The van der Waals surface area contributed by atoms with Gasteiger partial charge >= 0.3 is 0 Å². The fourth-order valence-corrected chi connectivity index (χ4v) is 2.61. The molecule has 0 unspecified atom stereocenters. The molecule has 0 fully saturated rings. The van der Waals surface area contributed by atoms with Gasteiger partial charge in [-0.2, -0.15) is 0 Å². The van der Waals surface area contributed by atoms with Gasteiger partial charge in [0.25, 0.3) is 0 Å². The van der Waals surface area contributed by atoms with Crippen LogP contribution in [0, 0.1) is 6.92 Å². The molecule has 0 N–H and O–H groups in total. The molecule has 0 bridgehead atoms. The Kier molecular flexibility index (Phi) is 4.55. The molecular weight excluding hydrogens is 321 g/mol. The van der Waals surface area contributed by atoms with Gasteiger partial charge in [0.15, 0.2) is 5.58 Å². The molecule has 2 aromatic carbocycles. The van der Waals surface area contributed by atoms with E-state index in [4.69, 9.17) is 32.5 Å². The van der Waals surface area contributed by atoms with E-state index >= 15 is 0 Å². The first-order valence-corrected chi connectivity index (χ1v) is 7.91. The maximum Gasteiger partial charge on any atom is 0.170 e. The lowest BCUT2D eigenvalue weighted by molar-refractivity contribution is 0.306. The van der Waals surface area contributed by atoms with Gasteiger partial charge in [0.05, 0.1) is 10.7 Å². The predicted molar refractivity (Wildman–Crippen MR) is 89.0 cm³/mol. The molecular formula is C17H15Cl2NO2. The second-order valence-corrected chi connectivity index (χ2v) is 5.91. The predicted octanol–water partition coefficient (Wildman–Crippen LogP) is 5.15. The zero-order valence-corrected chi connectivity index (χ0v) is 13.6. The maximum atomic E-state index is 6.30. The van der Waals surface area contributed by atoms with Crippen LogP contribution in [-0.4, -0.2) is 11.0 Å². The van der Waals surface area contributed by atoms with Crippen LogP contribution >= 0.6 is 23.2 Å². The molecule has 3 nitrogen and oxygen atoms in total. The molecule has 1 heterocycles. The first-order chi connectivity index (χ1) is 10.7. The number of hydrogen-bond acceptors (Lipinski definition) is 3. The number of fused-ring (bicyclic) bond motifs is 1. The third-order valence-electron chi connectivity index (χ3n) is 3.45. The van der Waals surface area contributed by atoms with E-state index in [9.17, 15) is 0 Å². The highest BCUT2D eigenvalue weighted by atomic mass is 35.5. The maximum absolute atomic E-state index is 6.30. The Morgan fingerprint density at radius 1 is 1.18 bits per heavy atom. The van der Waals surface area contributed by atoms with E-state index in [0.29, 0.717) is 35.3 Å². The van der Waals surface area contributed by atoms with Crippen LogP contribution in [0.1, 0.15) is 16.8 Å². The number of benzene rings is 2. The van der Waals surface area contributed by atoms with Crippen LogP contribution in [0.4, 0.5) is 0 Å². The number of nitrogens with zero attached hydrogens (tertiary/aromatic N) is 1. The third-order valence-corrected chi connectivity index (χ3v) is 3.93. The summed E-state index contributed by atoms with van der Waals surface area (Å²) in [5.74, 6) is 1.08. The van der Waals surface area contributed by atoms with Crippen molar-refractivity contribution in [3.8, 4) is 5.75 Å². The highest BCUT2D eigenvalue weighted by molar-refractivity contribution is 6.32. The number of aryl methyl sites for hydroxylation is 2. The van der Waals surface area contributed by atoms with E-state index in [2.05, 4.69) is 24.2 Å². The van der Waals surface area contributed by atoms with Gasteiger partial charge in [-0.25, -0.2) is 0 Å². The van der Waals surface area contributed by atoms with Crippen molar-refractivity contribution < 1.29 is 9.26 Å². The van der Waals surface area contributed by atoms with Crippen LogP contribution < -0.4 is 4.74 Å². The molecule has 0 spiro atoms. The molecule has 0 aliphatic rings. The minimum Gasteiger partial charge on any atom is -0.487 e. The van der Waals surface area contributed by atoms with E-state index in [1.807, 2.05) is 18.2 Å². The number of hydrogen-bond donors (Lipinski definition) is 0. The highest BCUT2D eigenvalue weighted by Crippen LogP contribution is 2.32. The molecule has 3 aromatic rings. The van der Waals surface area contributed by atoms with Gasteiger partial charge in [0.1, 0.15) is 12.4 Å². The van der Waals surface area contributed by atoms with Crippen LogP contribution in [0.25, 0.3) is 11.0 Å². The van der Waals surface area contributed by atoms with E-state index in [1.54, 1.807) is 6.07 Å². The summed E-state index contributed by atoms with van der Waals surface area (Å²) < 4.78 is 11.1. The van der Waals surface area contributed by atoms with Crippen molar-refractivity contribution in [2.75, 3.05) is 5.88 Å². The molecule has 0 saturated heterocycles. The molecule has 114 valence electrons. The fourth-order valence-electron chi connectivity index (χ4n) is 2.22. The van der Waals surface area contributed by atoms with Gasteiger partial charge < -0.3 is 9.26 Å². The molecule has 0 atom stereocenters. The smallest absolute Gasteiger partial charge is 0.170 e. The zero-order chi connectivity index (χ0) is 15.5. The Balaban J connectivity index is 1.81. The topological polar surface area (TPSA) is 35.3 Å². The van der Waals surface area contributed by atoms with Crippen molar-refractivity contribution in [1.82, 2.24) is 5.16 Å². The van der Waals surface area contributed by atoms with Crippen LogP contribution in [-0.2, 0) is 13.0 Å². The molecule has 0 amide bonds. The van der Waals surface area contributed by atoms with Gasteiger partial charge in [-0.15, -0.1) is 11.6 Å². The molecule has 0 radical (unpaired) electrons. The van der Waals surface area contributed by atoms with Crippen molar-refractivity contribution in [2.24, 2.45) is 0 Å². The summed E-state index contributed by atoms with van der Waals surface area (Å²) in [6, 6.07) is 11.8. The number of aromatic nitrogens is 1. The monoisotopic (exact) mass is 335 g/mol. The minimum absolute atomic E-state index is 0.453. The Hall–Kier alpha value is -1.71. The summed E-state index contributed by atoms with van der Waals surface area (Å²) in [6.07, 6.45) is 0.647. The van der Waals surface area contributed by atoms with Crippen molar-refractivity contribution in [3.63, 3.8) is 0 Å². The Labute approximate surface area is 138 Å². The lowest BCUT2D eigenvalue weighted by atomic mass is 10.1. The number of rotatable bonds is 5. The Morgan fingerprint density at radius 2 is 1.95 bits per heavy atom. The third kappa shape index (κ3) is 3.21. The number of ether oxygens (including phenoxy) is 1. The van der Waals surface area contributed by atoms with Gasteiger partial charge in [-0.05, 0) is 18.6 Å². The average molecular weight is 336 g/mol. The van der Waals surface area contributed by atoms with Crippen molar-refractivity contribution in [3.05, 3.63) is 58.2 Å². The molecule has 3 rings (SSSR count). The van der Waals surface area contributed by atoms with E-state index < -0.39 is 0 Å². The Morgan fingerprint density at radius 3 is 2.68 bits per heavy atom. The van der Waals surface area contributed by atoms with Gasteiger partial charge in [-0.1, -0.05) is 46.6 Å². The molecule has 22 heavy (non-hydrogen) atoms. The van der Waals surface area contributed by atoms with Crippen LogP contribution in [0.15, 0.2) is 40.9 Å². The summed E-state index contributed by atoms with van der Waals surface area (Å²) in [5, 5.41) is 5.44. The quantitative estimate of drug-likeness (QED) is 0.605. The van der Waals surface area contributed by atoms with E-state index in [1.165, 1.54) is 5.56 Å². The van der Waals surface area contributed by atoms with E-state index in [-0.39, 0.29) is 0 Å².